The predicted molar refractivity (Wildman–Crippen MR) is 68.5 cm³/mol. The second-order valence-corrected chi connectivity index (χ2v) is 5.68. The highest BCUT2D eigenvalue weighted by Crippen LogP contribution is 2.38. The van der Waals surface area contributed by atoms with Crippen LogP contribution >= 0.6 is 0 Å². The fourth-order valence-corrected chi connectivity index (χ4v) is 2.69. The summed E-state index contributed by atoms with van der Waals surface area (Å²) in [7, 11) is 0. The molecule has 1 saturated heterocycles. The van der Waals surface area contributed by atoms with Crippen LogP contribution in [0.2, 0.25) is 0 Å². The first-order valence-corrected chi connectivity index (χ1v) is 6.74. The van der Waals surface area contributed by atoms with Gasteiger partial charge in [-0.15, -0.1) is 0 Å². The van der Waals surface area contributed by atoms with Crippen molar-refractivity contribution in [3.8, 4) is 6.01 Å². The van der Waals surface area contributed by atoms with E-state index >= 15 is 0 Å². The van der Waals surface area contributed by atoms with Gasteiger partial charge in [-0.3, -0.25) is 9.36 Å². The SMILES string of the molecule is CC(C)Cc1cn2c(nc1=O)O[C@H]1[C@H]2OC(CO)[C@@H]1O. The molecule has 2 aliphatic rings. The van der Waals surface area contributed by atoms with Crippen molar-refractivity contribution in [3.63, 3.8) is 0 Å². The summed E-state index contributed by atoms with van der Waals surface area (Å²) in [4.78, 5) is 15.8. The zero-order valence-corrected chi connectivity index (χ0v) is 11.4. The molecule has 7 heteroatoms. The number of hydrogen-bond acceptors (Lipinski definition) is 6. The first-order valence-electron chi connectivity index (χ1n) is 6.74. The molecule has 3 rings (SSSR count). The molecule has 20 heavy (non-hydrogen) atoms. The Kier molecular flexibility index (Phi) is 3.27. The third-order valence-electron chi connectivity index (χ3n) is 3.62. The van der Waals surface area contributed by atoms with Crippen LogP contribution in [-0.2, 0) is 11.2 Å². The van der Waals surface area contributed by atoms with Gasteiger partial charge in [0, 0.05) is 11.8 Å². The van der Waals surface area contributed by atoms with Gasteiger partial charge in [0.1, 0.15) is 12.2 Å². The van der Waals surface area contributed by atoms with Gasteiger partial charge in [0.25, 0.3) is 5.56 Å². The lowest BCUT2D eigenvalue weighted by atomic mass is 10.1. The number of fused-ring (bicyclic) bond motifs is 3. The van der Waals surface area contributed by atoms with E-state index in [2.05, 4.69) is 4.98 Å². The summed E-state index contributed by atoms with van der Waals surface area (Å²) in [6.07, 6.45) is -0.483. The molecule has 0 spiro atoms. The van der Waals surface area contributed by atoms with Crippen molar-refractivity contribution in [3.05, 3.63) is 22.1 Å². The van der Waals surface area contributed by atoms with Gasteiger partial charge in [-0.1, -0.05) is 13.8 Å². The summed E-state index contributed by atoms with van der Waals surface area (Å²) in [5, 5.41) is 19.1. The summed E-state index contributed by atoms with van der Waals surface area (Å²) in [6, 6.07) is 0.160. The van der Waals surface area contributed by atoms with Crippen molar-refractivity contribution >= 4 is 0 Å². The quantitative estimate of drug-likeness (QED) is 0.773. The molecule has 4 atom stereocenters. The molecular formula is C13H18N2O5. The Balaban J connectivity index is 1.95. The fraction of sp³-hybridized carbons (Fsp3) is 0.692. The van der Waals surface area contributed by atoms with Crippen molar-refractivity contribution in [2.75, 3.05) is 6.61 Å². The van der Waals surface area contributed by atoms with Crippen LogP contribution in [0.1, 0.15) is 25.6 Å². The highest BCUT2D eigenvalue weighted by atomic mass is 16.6. The molecule has 0 aliphatic carbocycles. The number of rotatable bonds is 3. The maximum atomic E-state index is 11.9. The van der Waals surface area contributed by atoms with E-state index < -0.39 is 24.5 Å². The Hall–Kier alpha value is -1.44. The molecule has 3 heterocycles. The second kappa shape index (κ2) is 4.83. The molecule has 2 N–H and O–H groups in total. The number of nitrogens with zero attached hydrogens (tertiary/aromatic N) is 2. The average Bonchev–Trinajstić information content (AvgIpc) is 2.87. The van der Waals surface area contributed by atoms with E-state index in [0.29, 0.717) is 17.9 Å². The third kappa shape index (κ3) is 2.02. The Morgan fingerprint density at radius 1 is 1.50 bits per heavy atom. The topological polar surface area (TPSA) is 93.8 Å². The van der Waals surface area contributed by atoms with Gasteiger partial charge >= 0.3 is 6.01 Å². The maximum Gasteiger partial charge on any atom is 0.302 e. The van der Waals surface area contributed by atoms with E-state index in [0.717, 1.165) is 0 Å². The van der Waals surface area contributed by atoms with E-state index in [1.807, 2.05) is 13.8 Å². The lowest BCUT2D eigenvalue weighted by molar-refractivity contribution is -0.0435. The average molecular weight is 282 g/mol. The molecule has 0 radical (unpaired) electrons. The molecule has 0 amide bonds. The maximum absolute atomic E-state index is 11.9. The highest BCUT2D eigenvalue weighted by Gasteiger charge is 2.51. The van der Waals surface area contributed by atoms with Gasteiger partial charge < -0.3 is 19.7 Å². The van der Waals surface area contributed by atoms with Crippen molar-refractivity contribution in [1.29, 1.82) is 0 Å². The minimum Gasteiger partial charge on any atom is -0.453 e. The lowest BCUT2D eigenvalue weighted by Crippen LogP contribution is -2.34. The van der Waals surface area contributed by atoms with E-state index in [1.54, 1.807) is 10.8 Å². The summed E-state index contributed by atoms with van der Waals surface area (Å²) in [6.45, 7) is 3.77. The predicted octanol–water partition coefficient (Wildman–Crippen LogP) is -0.547. The van der Waals surface area contributed by atoms with Crippen LogP contribution in [0.15, 0.2) is 11.0 Å². The van der Waals surface area contributed by atoms with Gasteiger partial charge in [0.05, 0.1) is 6.61 Å². The van der Waals surface area contributed by atoms with Gasteiger partial charge in [0.2, 0.25) is 0 Å². The van der Waals surface area contributed by atoms with E-state index in [9.17, 15) is 9.90 Å². The summed E-state index contributed by atoms with van der Waals surface area (Å²) < 4.78 is 12.7. The Morgan fingerprint density at radius 3 is 2.90 bits per heavy atom. The molecule has 1 aromatic rings. The van der Waals surface area contributed by atoms with Crippen LogP contribution in [-0.4, -0.2) is 44.7 Å². The second-order valence-electron chi connectivity index (χ2n) is 5.68. The van der Waals surface area contributed by atoms with Crippen LogP contribution in [0.3, 0.4) is 0 Å². The zero-order valence-electron chi connectivity index (χ0n) is 11.4. The minimum absolute atomic E-state index is 0.160. The molecule has 110 valence electrons. The summed E-state index contributed by atoms with van der Waals surface area (Å²) in [5.74, 6) is 0.335. The molecule has 1 fully saturated rings. The fourth-order valence-electron chi connectivity index (χ4n) is 2.69. The number of aromatic nitrogens is 2. The molecule has 0 aromatic carbocycles. The van der Waals surface area contributed by atoms with Crippen molar-refractivity contribution in [1.82, 2.24) is 9.55 Å². The van der Waals surface area contributed by atoms with Gasteiger partial charge in [-0.25, -0.2) is 0 Å². The molecule has 0 bridgehead atoms. The van der Waals surface area contributed by atoms with Crippen LogP contribution in [0.5, 0.6) is 6.01 Å². The zero-order chi connectivity index (χ0) is 14.4. The standard InChI is InChI=1S/C13H18N2O5/c1-6(2)3-7-4-15-12-10(9(17)8(5-16)19-12)20-13(15)14-11(7)18/h4,6,8-10,12,16-17H,3,5H2,1-2H3/t8?,9-,10+,12+/m0/s1. The number of aliphatic hydroxyl groups excluding tert-OH is 2. The lowest BCUT2D eigenvalue weighted by Gasteiger charge is -2.14. The Labute approximate surface area is 115 Å². The van der Waals surface area contributed by atoms with Gasteiger partial charge in [-0.05, 0) is 12.3 Å². The first-order chi connectivity index (χ1) is 9.51. The summed E-state index contributed by atoms with van der Waals surface area (Å²) >= 11 is 0. The van der Waals surface area contributed by atoms with Crippen molar-refractivity contribution in [2.45, 2.75) is 44.8 Å². The molecule has 1 aromatic heterocycles. The molecule has 1 unspecified atom stereocenters. The van der Waals surface area contributed by atoms with Crippen LogP contribution in [0, 0.1) is 5.92 Å². The molecule has 0 saturated carbocycles. The largest absolute Gasteiger partial charge is 0.453 e. The number of hydrogen-bond donors (Lipinski definition) is 2. The first kappa shape index (κ1) is 13.5. The van der Waals surface area contributed by atoms with Crippen LogP contribution in [0.25, 0.3) is 0 Å². The Morgan fingerprint density at radius 2 is 2.25 bits per heavy atom. The third-order valence-corrected chi connectivity index (χ3v) is 3.62. The normalized spacial score (nSPS) is 31.2. The van der Waals surface area contributed by atoms with Crippen molar-refractivity contribution in [2.24, 2.45) is 5.92 Å². The summed E-state index contributed by atoms with van der Waals surface area (Å²) in [5.41, 5.74) is 0.289. The van der Waals surface area contributed by atoms with E-state index in [4.69, 9.17) is 14.6 Å². The smallest absolute Gasteiger partial charge is 0.302 e. The molecule has 7 nitrogen and oxygen atoms in total. The molecule has 2 aliphatic heterocycles. The van der Waals surface area contributed by atoms with Gasteiger partial charge in [0.15, 0.2) is 12.3 Å². The number of ether oxygens (including phenoxy) is 2. The van der Waals surface area contributed by atoms with Crippen LogP contribution < -0.4 is 10.3 Å². The van der Waals surface area contributed by atoms with Crippen LogP contribution in [0.4, 0.5) is 0 Å². The van der Waals surface area contributed by atoms with Gasteiger partial charge in [-0.2, -0.15) is 4.98 Å². The minimum atomic E-state index is -0.935. The monoisotopic (exact) mass is 282 g/mol. The van der Waals surface area contributed by atoms with E-state index in [-0.39, 0.29) is 18.2 Å². The highest BCUT2D eigenvalue weighted by molar-refractivity contribution is 5.17. The van der Waals surface area contributed by atoms with E-state index in [1.165, 1.54) is 0 Å². The number of aliphatic hydroxyl groups is 2. The van der Waals surface area contributed by atoms with Crippen molar-refractivity contribution < 1.29 is 19.7 Å². The Bertz CT molecular complexity index is 570. The molecular weight excluding hydrogens is 264 g/mol.